The Bertz CT molecular complexity index is 1500. The van der Waals surface area contributed by atoms with E-state index in [1.807, 2.05) is 0 Å². The van der Waals surface area contributed by atoms with Crippen molar-refractivity contribution >= 4 is 17.9 Å². The Balaban J connectivity index is 4.24. The Morgan fingerprint density at radius 2 is 0.476 bits per heavy atom. The molecule has 0 aliphatic carbocycles. The molecule has 0 aromatic carbocycles. The molecule has 0 aromatic rings. The zero-order valence-electron chi connectivity index (χ0n) is 54.8. The largest absolute Gasteiger partial charge is 0.462 e. The van der Waals surface area contributed by atoms with Crippen LogP contribution in [0.2, 0.25) is 0 Å². The van der Waals surface area contributed by atoms with Crippen LogP contribution in [0.5, 0.6) is 0 Å². The molecular weight excluding hydrogens is 1010 g/mol. The van der Waals surface area contributed by atoms with Gasteiger partial charge in [-0.2, -0.15) is 0 Å². The fourth-order valence-corrected chi connectivity index (χ4v) is 10.6. The number of unbranched alkanes of at least 4 members (excludes halogenated alkanes) is 43. The van der Waals surface area contributed by atoms with Crippen molar-refractivity contribution in [3.05, 3.63) is 72.9 Å². The van der Waals surface area contributed by atoms with Crippen LogP contribution < -0.4 is 0 Å². The summed E-state index contributed by atoms with van der Waals surface area (Å²) in [7, 11) is 0. The molecule has 6 heteroatoms. The molecule has 82 heavy (non-hydrogen) atoms. The molecule has 0 N–H and O–H groups in total. The summed E-state index contributed by atoms with van der Waals surface area (Å²) < 4.78 is 16.9. The average molecular weight is 1150 g/mol. The van der Waals surface area contributed by atoms with Gasteiger partial charge in [-0.15, -0.1) is 0 Å². The van der Waals surface area contributed by atoms with Crippen molar-refractivity contribution < 1.29 is 28.6 Å². The summed E-state index contributed by atoms with van der Waals surface area (Å²) in [6, 6.07) is 0. The zero-order chi connectivity index (χ0) is 59.2. The molecule has 0 radical (unpaired) electrons. The lowest BCUT2D eigenvalue weighted by Gasteiger charge is -2.18. The number of esters is 3. The van der Waals surface area contributed by atoms with Crippen molar-refractivity contribution in [1.29, 1.82) is 0 Å². The highest BCUT2D eigenvalue weighted by atomic mass is 16.6. The molecule has 0 bridgehead atoms. The maximum absolute atomic E-state index is 12.9. The predicted molar refractivity (Wildman–Crippen MR) is 358 cm³/mol. The van der Waals surface area contributed by atoms with Gasteiger partial charge in [-0.25, -0.2) is 0 Å². The third kappa shape index (κ3) is 67.6. The lowest BCUT2D eigenvalue weighted by molar-refractivity contribution is -0.167. The second-order valence-electron chi connectivity index (χ2n) is 24.1. The molecule has 0 aromatic heterocycles. The van der Waals surface area contributed by atoms with Gasteiger partial charge in [-0.05, 0) is 70.6 Å². The fraction of sp³-hybridized carbons (Fsp3) is 0.803. The molecule has 0 heterocycles. The van der Waals surface area contributed by atoms with Crippen LogP contribution in [-0.2, 0) is 28.6 Å². The first kappa shape index (κ1) is 78.8. The molecule has 476 valence electrons. The second kappa shape index (κ2) is 70.3. The van der Waals surface area contributed by atoms with Crippen LogP contribution in [0.3, 0.4) is 0 Å². The van der Waals surface area contributed by atoms with Crippen LogP contribution in [0.15, 0.2) is 72.9 Å². The number of rotatable bonds is 66. The lowest BCUT2D eigenvalue weighted by Crippen LogP contribution is -2.30. The maximum atomic E-state index is 12.9. The topological polar surface area (TPSA) is 78.9 Å². The van der Waals surface area contributed by atoms with Crippen molar-refractivity contribution in [3.63, 3.8) is 0 Å². The number of hydrogen-bond donors (Lipinski definition) is 0. The molecule has 0 aliphatic rings. The van der Waals surface area contributed by atoms with Gasteiger partial charge in [0.1, 0.15) is 13.2 Å². The number of carbonyl (C=O) groups excluding carboxylic acids is 3. The van der Waals surface area contributed by atoms with Crippen molar-refractivity contribution in [2.24, 2.45) is 0 Å². The van der Waals surface area contributed by atoms with Gasteiger partial charge >= 0.3 is 17.9 Å². The molecule has 0 aliphatic heterocycles. The fourth-order valence-electron chi connectivity index (χ4n) is 10.6. The first-order valence-electron chi connectivity index (χ1n) is 35.9. The highest BCUT2D eigenvalue weighted by Gasteiger charge is 2.19. The van der Waals surface area contributed by atoms with Gasteiger partial charge in [0, 0.05) is 19.3 Å². The highest BCUT2D eigenvalue weighted by Crippen LogP contribution is 2.19. The zero-order valence-corrected chi connectivity index (χ0v) is 54.8. The summed E-state index contributed by atoms with van der Waals surface area (Å²) in [4.78, 5) is 38.4. The minimum absolute atomic E-state index is 0.0886. The van der Waals surface area contributed by atoms with Crippen molar-refractivity contribution in [3.8, 4) is 0 Å². The quantitative estimate of drug-likeness (QED) is 0.0261. The minimum atomic E-state index is -0.797. The van der Waals surface area contributed by atoms with E-state index in [1.54, 1.807) is 0 Å². The van der Waals surface area contributed by atoms with E-state index in [2.05, 4.69) is 93.7 Å². The van der Waals surface area contributed by atoms with Gasteiger partial charge in [-0.3, -0.25) is 14.4 Å². The summed E-state index contributed by atoms with van der Waals surface area (Å²) in [6.07, 6.45) is 92.4. The Morgan fingerprint density at radius 1 is 0.256 bits per heavy atom. The van der Waals surface area contributed by atoms with Gasteiger partial charge in [-0.1, -0.05) is 357 Å². The molecule has 0 fully saturated rings. The van der Waals surface area contributed by atoms with Crippen LogP contribution in [0.1, 0.15) is 374 Å². The van der Waals surface area contributed by atoms with E-state index in [4.69, 9.17) is 14.2 Å². The smallest absolute Gasteiger partial charge is 0.306 e. The first-order chi connectivity index (χ1) is 40.5. The summed E-state index contributed by atoms with van der Waals surface area (Å²) in [5, 5.41) is 0. The number of ether oxygens (including phenoxy) is 3. The Morgan fingerprint density at radius 3 is 0.744 bits per heavy atom. The van der Waals surface area contributed by atoms with E-state index >= 15 is 0 Å². The summed E-state index contributed by atoms with van der Waals surface area (Å²) in [5.41, 5.74) is 0. The maximum Gasteiger partial charge on any atom is 0.306 e. The molecule has 1 unspecified atom stereocenters. The monoisotopic (exact) mass is 1150 g/mol. The SMILES string of the molecule is CC/C=C\C/C=C\C/C=C\C/C=C\C/C=C\C/C=C\CCCCC(=O)OC(COC(=O)CCCCCCCCCCCCCCC)COC(=O)CCCCCCCCCCCCCCCCCCCCCCCCCCCCCCCC. The van der Waals surface area contributed by atoms with Crippen molar-refractivity contribution in [2.45, 2.75) is 380 Å². The second-order valence-corrected chi connectivity index (χ2v) is 24.1. The van der Waals surface area contributed by atoms with Gasteiger partial charge in [0.15, 0.2) is 6.10 Å². The third-order valence-electron chi connectivity index (χ3n) is 16.0. The number of hydrogen-bond acceptors (Lipinski definition) is 6. The van der Waals surface area contributed by atoms with Gasteiger partial charge < -0.3 is 14.2 Å². The number of carbonyl (C=O) groups is 3. The molecular formula is C76H136O6. The molecule has 1 atom stereocenters. The Labute approximate surface area is 510 Å². The van der Waals surface area contributed by atoms with Gasteiger partial charge in [0.05, 0.1) is 0 Å². The molecule has 0 saturated carbocycles. The number of allylic oxidation sites excluding steroid dienone is 12. The van der Waals surface area contributed by atoms with Crippen molar-refractivity contribution in [2.75, 3.05) is 13.2 Å². The summed E-state index contributed by atoms with van der Waals surface area (Å²) in [5.74, 6) is -0.911. The van der Waals surface area contributed by atoms with E-state index in [0.29, 0.717) is 19.3 Å². The van der Waals surface area contributed by atoms with E-state index < -0.39 is 6.10 Å². The standard InChI is InChI=1S/C76H136O6/c1-4-7-10-13-16-19-22-25-27-29-31-33-34-35-36-37-38-39-40-41-43-44-46-48-51-54-57-60-63-66-69-75(78)81-72-73(71-80-74(77)68-65-62-59-56-53-50-24-21-18-15-12-9-6-3)82-76(79)70-67-64-61-58-55-52-49-47-45-42-32-30-28-26-23-20-17-14-11-8-5-2/h8,11,17,20,26,28,32,42,47,49,55,58,73H,4-7,9-10,12-16,18-19,21-25,27,29-31,33-41,43-46,48,50-54,56-57,59-72H2,1-3H3/b11-8-,20-17-,28-26-,42-32-,49-47-,58-55-. The minimum Gasteiger partial charge on any atom is -0.462 e. The molecule has 0 rings (SSSR count). The lowest BCUT2D eigenvalue weighted by atomic mass is 10.0. The van der Waals surface area contributed by atoms with E-state index in [0.717, 1.165) is 89.9 Å². The van der Waals surface area contributed by atoms with Gasteiger partial charge in [0.2, 0.25) is 0 Å². The van der Waals surface area contributed by atoms with Crippen LogP contribution in [0.25, 0.3) is 0 Å². The molecule has 6 nitrogen and oxygen atoms in total. The van der Waals surface area contributed by atoms with E-state index in [9.17, 15) is 14.4 Å². The average Bonchev–Trinajstić information content (AvgIpc) is 3.47. The normalized spacial score (nSPS) is 12.5. The molecule has 0 saturated heterocycles. The van der Waals surface area contributed by atoms with Crippen LogP contribution in [-0.4, -0.2) is 37.2 Å². The summed E-state index contributed by atoms with van der Waals surface area (Å²) in [6.45, 7) is 6.55. The molecule has 0 amide bonds. The van der Waals surface area contributed by atoms with E-state index in [-0.39, 0.29) is 37.5 Å². The van der Waals surface area contributed by atoms with Crippen molar-refractivity contribution in [1.82, 2.24) is 0 Å². The third-order valence-corrected chi connectivity index (χ3v) is 16.0. The van der Waals surface area contributed by atoms with Crippen LogP contribution in [0.4, 0.5) is 0 Å². The van der Waals surface area contributed by atoms with Crippen LogP contribution >= 0.6 is 0 Å². The van der Waals surface area contributed by atoms with Gasteiger partial charge in [0.25, 0.3) is 0 Å². The van der Waals surface area contributed by atoms with Crippen LogP contribution in [0, 0.1) is 0 Å². The highest BCUT2D eigenvalue weighted by molar-refractivity contribution is 5.71. The first-order valence-corrected chi connectivity index (χ1v) is 35.9. The Kier molecular flexibility index (Phi) is 67.6. The summed E-state index contributed by atoms with van der Waals surface area (Å²) >= 11 is 0. The van der Waals surface area contributed by atoms with E-state index in [1.165, 1.54) is 238 Å². The Hall–Kier alpha value is -3.15. The molecule has 0 spiro atoms. The predicted octanol–water partition coefficient (Wildman–Crippen LogP) is 24.8.